The van der Waals surface area contributed by atoms with Crippen LogP contribution in [0.25, 0.3) is 0 Å². The summed E-state index contributed by atoms with van der Waals surface area (Å²) in [6.07, 6.45) is 1.77. The second-order valence-corrected chi connectivity index (χ2v) is 13.8. The van der Waals surface area contributed by atoms with Gasteiger partial charge in [0.2, 0.25) is 11.8 Å². The summed E-state index contributed by atoms with van der Waals surface area (Å²) in [6, 6.07) is 17.7. The smallest absolute Gasteiger partial charge is 0.253 e. The molecule has 2 saturated heterocycles. The molecule has 48 heavy (non-hydrogen) atoms. The molecule has 6 unspecified atom stereocenters. The van der Waals surface area contributed by atoms with Crippen molar-refractivity contribution in [1.29, 1.82) is 0 Å². The van der Waals surface area contributed by atoms with Gasteiger partial charge in [0.25, 0.3) is 11.8 Å². The number of alkyl halides is 2. The van der Waals surface area contributed by atoms with E-state index >= 15 is 0 Å². The van der Waals surface area contributed by atoms with E-state index in [1.807, 2.05) is 6.07 Å². The van der Waals surface area contributed by atoms with Crippen molar-refractivity contribution < 1.29 is 38.6 Å². The molecule has 0 aromatic heterocycles. The summed E-state index contributed by atoms with van der Waals surface area (Å²) in [4.78, 5) is 67.0. The number of allylic oxidation sites excluding steroid dienone is 2. The fourth-order valence-corrected chi connectivity index (χ4v) is 9.05. The minimum atomic E-state index is -2.06. The Morgan fingerprint density at radius 1 is 0.854 bits per heavy atom. The van der Waals surface area contributed by atoms with Crippen LogP contribution in [0.15, 0.2) is 78.4 Å². The molecule has 10 nitrogen and oxygen atoms in total. The van der Waals surface area contributed by atoms with Crippen LogP contribution >= 0.6 is 23.2 Å². The summed E-state index contributed by atoms with van der Waals surface area (Å²) < 4.78 is 11.3. The number of likely N-dealkylation sites (tertiary alicyclic amines) is 1. The number of imide groups is 2. The summed E-state index contributed by atoms with van der Waals surface area (Å²) in [5.74, 6) is -6.07. The Hall–Kier alpha value is -4.67. The van der Waals surface area contributed by atoms with Crippen LogP contribution in [0.4, 0.5) is 5.69 Å². The maximum Gasteiger partial charge on any atom is 0.253 e. The largest absolute Gasteiger partial charge is 0.508 e. The molecule has 3 fully saturated rings. The van der Waals surface area contributed by atoms with Crippen molar-refractivity contribution in [3.8, 4) is 17.2 Å². The number of methoxy groups -OCH3 is 2. The Labute approximate surface area is 285 Å². The molecule has 2 aliphatic carbocycles. The third kappa shape index (κ3) is 4.21. The van der Waals surface area contributed by atoms with Crippen molar-refractivity contribution in [3.05, 3.63) is 95.1 Å². The van der Waals surface area contributed by atoms with E-state index in [9.17, 15) is 29.1 Å². The fourth-order valence-electron chi connectivity index (χ4n) is 8.04. The number of halogens is 2. The van der Waals surface area contributed by atoms with Gasteiger partial charge < -0.3 is 14.6 Å². The van der Waals surface area contributed by atoms with E-state index in [0.29, 0.717) is 22.4 Å². The Kier molecular flexibility index (Phi) is 7.45. The van der Waals surface area contributed by atoms with Gasteiger partial charge in [0.1, 0.15) is 17.2 Å². The molecule has 3 aromatic rings. The first-order valence-electron chi connectivity index (χ1n) is 15.3. The van der Waals surface area contributed by atoms with E-state index in [1.54, 1.807) is 54.6 Å². The summed E-state index contributed by atoms with van der Waals surface area (Å²) >= 11 is 14.6. The highest BCUT2D eigenvalue weighted by molar-refractivity contribution is 6.53. The van der Waals surface area contributed by atoms with E-state index in [1.165, 1.54) is 33.4 Å². The number of nitrogens with zero attached hydrogens (tertiary/aromatic N) is 2. The van der Waals surface area contributed by atoms with Crippen LogP contribution in [-0.4, -0.2) is 70.4 Å². The lowest BCUT2D eigenvalue weighted by Gasteiger charge is -2.51. The number of ether oxygens (including phenoxy) is 2. The highest BCUT2D eigenvalue weighted by atomic mass is 35.5. The second kappa shape index (κ2) is 11.2. The van der Waals surface area contributed by atoms with Crippen LogP contribution in [-0.2, 0) is 19.2 Å². The van der Waals surface area contributed by atoms with Gasteiger partial charge in [-0.2, -0.15) is 0 Å². The van der Waals surface area contributed by atoms with E-state index in [2.05, 4.69) is 0 Å². The zero-order valence-corrected chi connectivity index (χ0v) is 27.6. The molecule has 0 radical (unpaired) electrons. The number of carbonyl (C=O) groups excluding carboxylic acids is 5. The molecule has 0 spiro atoms. The van der Waals surface area contributed by atoms with E-state index in [0.717, 1.165) is 9.80 Å². The fraction of sp³-hybridized carbons (Fsp3) is 0.306. The molecule has 4 amide bonds. The van der Waals surface area contributed by atoms with Crippen LogP contribution in [0, 0.1) is 17.8 Å². The van der Waals surface area contributed by atoms with Crippen LogP contribution in [0.5, 0.6) is 17.2 Å². The van der Waals surface area contributed by atoms with Gasteiger partial charge in [-0.25, -0.2) is 0 Å². The average molecular weight is 690 g/mol. The molecule has 12 heteroatoms. The standard InChI is InChI=1S/C36H30Cl2N2O8/c1-39-33(45)35(37)17-24-22(29(36(35,38)34(39)46)28-25(47-2)15-21(41)16-26(28)48-3)13-14-23-27(24)32(44)40(31(23)43)20-11-9-19(10-12-20)30(42)18-7-5-4-6-8-18/h4-13,15-16,23-24,27,29,41H,14,17H2,1-3H3. The quantitative estimate of drug-likeness (QED) is 0.169. The number of phenolic OH excluding ortho intramolecular Hbond substituents is 1. The predicted molar refractivity (Wildman–Crippen MR) is 175 cm³/mol. The first-order chi connectivity index (χ1) is 22.9. The molecule has 246 valence electrons. The number of phenols is 1. The lowest BCUT2D eigenvalue weighted by Crippen LogP contribution is -2.60. The zero-order valence-electron chi connectivity index (χ0n) is 26.1. The van der Waals surface area contributed by atoms with Crippen molar-refractivity contribution in [1.82, 2.24) is 4.90 Å². The monoisotopic (exact) mass is 688 g/mol. The molecular formula is C36H30Cl2N2O8. The SMILES string of the molecule is COc1cc(O)cc(OC)c1C1C2=CCC3C(=O)N(c4ccc(C(=O)c5ccccc5)cc4)C(=O)C3C2CC2(Cl)C(=O)N(C)C(=O)C12Cl. The number of fused-ring (bicyclic) bond motifs is 4. The molecule has 4 aliphatic rings. The van der Waals surface area contributed by atoms with Gasteiger partial charge in [-0.3, -0.25) is 33.8 Å². The Bertz CT molecular complexity index is 1920. The van der Waals surface area contributed by atoms with E-state index in [-0.39, 0.29) is 41.4 Å². The van der Waals surface area contributed by atoms with Crippen LogP contribution in [0.2, 0.25) is 0 Å². The van der Waals surface area contributed by atoms with E-state index in [4.69, 9.17) is 32.7 Å². The first-order valence-corrected chi connectivity index (χ1v) is 16.1. The van der Waals surface area contributed by atoms with Crippen molar-refractivity contribution in [2.75, 3.05) is 26.2 Å². The number of ketones is 1. The van der Waals surface area contributed by atoms with Gasteiger partial charge in [-0.05, 0) is 43.0 Å². The Morgan fingerprint density at radius 2 is 1.46 bits per heavy atom. The Balaban J connectivity index is 1.32. The molecule has 1 saturated carbocycles. The lowest BCUT2D eigenvalue weighted by molar-refractivity contribution is -0.138. The predicted octanol–water partition coefficient (Wildman–Crippen LogP) is 4.83. The highest BCUT2D eigenvalue weighted by Gasteiger charge is 2.76. The Morgan fingerprint density at radius 3 is 2.06 bits per heavy atom. The number of anilines is 1. The maximum atomic E-state index is 14.4. The summed E-state index contributed by atoms with van der Waals surface area (Å²) in [5.41, 5.74) is 2.03. The van der Waals surface area contributed by atoms with Crippen molar-refractivity contribution >= 4 is 58.3 Å². The van der Waals surface area contributed by atoms with Crippen molar-refractivity contribution in [2.24, 2.45) is 17.8 Å². The molecule has 0 bridgehead atoms. The summed E-state index contributed by atoms with van der Waals surface area (Å²) in [5, 5.41) is 10.4. The van der Waals surface area contributed by atoms with Gasteiger partial charge in [-0.15, -0.1) is 23.2 Å². The van der Waals surface area contributed by atoms with Gasteiger partial charge in [0, 0.05) is 41.8 Å². The first kappa shape index (κ1) is 31.9. The normalized spacial score (nSPS) is 29.3. The van der Waals surface area contributed by atoms with Crippen LogP contribution < -0.4 is 14.4 Å². The minimum Gasteiger partial charge on any atom is -0.508 e. The number of rotatable bonds is 6. The molecule has 3 aromatic carbocycles. The van der Waals surface area contributed by atoms with Gasteiger partial charge in [-0.1, -0.05) is 42.0 Å². The number of hydrogen-bond donors (Lipinski definition) is 1. The number of carbonyl (C=O) groups is 5. The number of benzene rings is 3. The zero-order chi connectivity index (χ0) is 34.3. The molecule has 6 atom stereocenters. The third-order valence-corrected chi connectivity index (χ3v) is 11.7. The molecule has 2 heterocycles. The van der Waals surface area contributed by atoms with Crippen molar-refractivity contribution in [3.63, 3.8) is 0 Å². The van der Waals surface area contributed by atoms with Crippen LogP contribution in [0.1, 0.15) is 40.2 Å². The molecule has 2 aliphatic heterocycles. The number of amides is 4. The summed E-state index contributed by atoms with van der Waals surface area (Å²) in [6.45, 7) is 0. The third-order valence-electron chi connectivity index (χ3n) is 10.3. The summed E-state index contributed by atoms with van der Waals surface area (Å²) in [7, 11) is 4.06. The topological polar surface area (TPSA) is 131 Å². The number of aromatic hydroxyl groups is 1. The molecule has 7 rings (SSSR count). The lowest BCUT2D eigenvalue weighted by atomic mass is 9.56. The number of hydrogen-bond acceptors (Lipinski definition) is 8. The highest BCUT2D eigenvalue weighted by Crippen LogP contribution is 2.67. The van der Waals surface area contributed by atoms with Gasteiger partial charge in [0.05, 0.1) is 31.7 Å². The molecular weight excluding hydrogens is 659 g/mol. The maximum absolute atomic E-state index is 14.4. The van der Waals surface area contributed by atoms with Crippen molar-refractivity contribution in [2.45, 2.75) is 28.5 Å². The average Bonchev–Trinajstić information content (AvgIpc) is 3.42. The van der Waals surface area contributed by atoms with Gasteiger partial charge >= 0.3 is 0 Å². The molecule has 1 N–H and O–H groups in total. The van der Waals surface area contributed by atoms with Crippen LogP contribution in [0.3, 0.4) is 0 Å². The van der Waals surface area contributed by atoms with Gasteiger partial charge in [0.15, 0.2) is 15.5 Å². The minimum absolute atomic E-state index is 0.134. The second-order valence-electron chi connectivity index (χ2n) is 12.5. The van der Waals surface area contributed by atoms with E-state index < -0.39 is 57.0 Å².